The number of nitrogens with zero attached hydrogens (tertiary/aromatic N) is 2. The van der Waals surface area contributed by atoms with Crippen molar-refractivity contribution in [1.29, 1.82) is 0 Å². The zero-order valence-corrected chi connectivity index (χ0v) is 41.0. The zero-order valence-electron chi connectivity index (χ0n) is 41.0. The van der Waals surface area contributed by atoms with E-state index in [1.54, 1.807) is 0 Å². The van der Waals surface area contributed by atoms with Gasteiger partial charge in [0.25, 0.3) is 6.71 Å². The van der Waals surface area contributed by atoms with Crippen LogP contribution in [0.1, 0.15) is 155 Å². The van der Waals surface area contributed by atoms with Gasteiger partial charge in [-0.25, -0.2) is 0 Å². The van der Waals surface area contributed by atoms with Gasteiger partial charge in [-0.2, -0.15) is 0 Å². The maximum absolute atomic E-state index is 2.69. The third-order valence-electron chi connectivity index (χ3n) is 15.8. The lowest BCUT2D eigenvalue weighted by atomic mass is 9.33. The molecule has 0 atom stereocenters. The average molecular weight is 829 g/mol. The molecule has 6 aromatic rings. The van der Waals surface area contributed by atoms with E-state index in [9.17, 15) is 0 Å². The Morgan fingerprint density at radius 1 is 0.460 bits per heavy atom. The molecule has 0 spiro atoms. The Balaban J connectivity index is 1.34. The fourth-order valence-corrected chi connectivity index (χ4v) is 12.4. The third kappa shape index (κ3) is 6.49. The van der Waals surface area contributed by atoms with Crippen LogP contribution < -0.4 is 26.2 Å². The Morgan fingerprint density at radius 3 is 1.63 bits per heavy atom. The van der Waals surface area contributed by atoms with E-state index >= 15 is 0 Å². The molecule has 10 rings (SSSR count). The van der Waals surface area contributed by atoms with Gasteiger partial charge in [-0.15, -0.1) is 0 Å². The van der Waals surface area contributed by atoms with E-state index in [2.05, 4.69) is 223 Å². The predicted octanol–water partition coefficient (Wildman–Crippen LogP) is 14.6. The van der Waals surface area contributed by atoms with Crippen molar-refractivity contribution in [3.8, 4) is 11.1 Å². The minimum atomic E-state index is -0.0177. The molecule has 0 N–H and O–H groups in total. The minimum Gasteiger partial charge on any atom is -0.311 e. The van der Waals surface area contributed by atoms with Crippen molar-refractivity contribution in [3.05, 3.63) is 148 Å². The van der Waals surface area contributed by atoms with Crippen LogP contribution in [-0.4, -0.2) is 6.71 Å². The van der Waals surface area contributed by atoms with Gasteiger partial charge in [0, 0.05) is 34.0 Å². The number of fused-ring (bicyclic) bond motifs is 6. The maximum Gasteiger partial charge on any atom is 0.252 e. The largest absolute Gasteiger partial charge is 0.311 e. The van der Waals surface area contributed by atoms with E-state index in [-0.39, 0.29) is 39.2 Å². The molecule has 0 saturated heterocycles. The zero-order chi connectivity index (χ0) is 45.0. The molecule has 4 aliphatic rings. The number of hydrogen-bond acceptors (Lipinski definition) is 2. The summed E-state index contributed by atoms with van der Waals surface area (Å²) in [6, 6.07) is 43.6. The fraction of sp³-hybridized carbons (Fsp3) is 0.400. The van der Waals surface area contributed by atoms with E-state index < -0.39 is 0 Å². The highest BCUT2D eigenvalue weighted by atomic mass is 15.2. The van der Waals surface area contributed by atoms with Gasteiger partial charge < -0.3 is 9.80 Å². The first-order valence-corrected chi connectivity index (χ1v) is 23.8. The van der Waals surface area contributed by atoms with Crippen LogP contribution in [-0.2, 0) is 32.5 Å². The van der Waals surface area contributed by atoms with Gasteiger partial charge >= 0.3 is 0 Å². The van der Waals surface area contributed by atoms with Gasteiger partial charge in [0.05, 0.1) is 5.69 Å². The van der Waals surface area contributed by atoms with E-state index in [0.717, 1.165) is 6.42 Å². The summed E-state index contributed by atoms with van der Waals surface area (Å²) in [4.78, 5) is 5.33. The number of hydrogen-bond donors (Lipinski definition) is 0. The molecule has 322 valence electrons. The topological polar surface area (TPSA) is 6.48 Å². The summed E-state index contributed by atoms with van der Waals surface area (Å²) < 4.78 is 0. The average Bonchev–Trinajstić information content (AvgIpc) is 3.40. The lowest BCUT2D eigenvalue weighted by Crippen LogP contribution is -2.62. The van der Waals surface area contributed by atoms with Crippen molar-refractivity contribution in [2.45, 2.75) is 156 Å². The lowest BCUT2D eigenvalue weighted by Gasteiger charge is -2.48. The van der Waals surface area contributed by atoms with Gasteiger partial charge in [-0.3, -0.25) is 0 Å². The highest BCUT2D eigenvalue weighted by Gasteiger charge is 2.48. The molecule has 0 amide bonds. The second-order valence-electron chi connectivity index (χ2n) is 24.6. The van der Waals surface area contributed by atoms with Crippen molar-refractivity contribution in [2.75, 3.05) is 9.80 Å². The van der Waals surface area contributed by atoms with Gasteiger partial charge in [0.1, 0.15) is 0 Å². The molecule has 2 nitrogen and oxygen atoms in total. The fourth-order valence-electron chi connectivity index (χ4n) is 12.4. The predicted molar refractivity (Wildman–Crippen MR) is 274 cm³/mol. The molecule has 0 saturated carbocycles. The molecular formula is C60H69BN2. The summed E-state index contributed by atoms with van der Waals surface area (Å²) in [7, 11) is 0. The minimum absolute atomic E-state index is 0.00238. The van der Waals surface area contributed by atoms with Gasteiger partial charge in [0.2, 0.25) is 0 Å². The Morgan fingerprint density at radius 2 is 1.00 bits per heavy atom. The van der Waals surface area contributed by atoms with Crippen LogP contribution in [0.3, 0.4) is 0 Å². The van der Waals surface area contributed by atoms with E-state index in [1.807, 2.05) is 0 Å². The molecule has 0 unspecified atom stereocenters. The Labute approximate surface area is 380 Å². The number of benzene rings is 6. The van der Waals surface area contributed by atoms with Crippen molar-refractivity contribution < 1.29 is 0 Å². The van der Waals surface area contributed by atoms with Crippen molar-refractivity contribution in [1.82, 2.24) is 0 Å². The highest BCUT2D eigenvalue weighted by molar-refractivity contribution is 7.00. The maximum atomic E-state index is 2.69. The van der Waals surface area contributed by atoms with Crippen LogP contribution >= 0.6 is 0 Å². The third-order valence-corrected chi connectivity index (χ3v) is 15.8. The van der Waals surface area contributed by atoms with Crippen LogP contribution in [0.4, 0.5) is 34.1 Å². The Hall–Kier alpha value is -5.02. The van der Waals surface area contributed by atoms with Crippen LogP contribution in [0.5, 0.6) is 0 Å². The van der Waals surface area contributed by atoms with Crippen LogP contribution in [0.2, 0.25) is 0 Å². The second-order valence-corrected chi connectivity index (χ2v) is 24.6. The number of rotatable bonds is 3. The van der Waals surface area contributed by atoms with Crippen LogP contribution in [0.25, 0.3) is 11.1 Å². The summed E-state index contributed by atoms with van der Waals surface area (Å²) in [5.74, 6) is 0. The molecule has 0 bridgehead atoms. The molecular weight excluding hydrogens is 759 g/mol. The second kappa shape index (κ2) is 13.5. The normalized spacial score (nSPS) is 18.6. The standard InChI is InChI=1S/C60H69BN2/c1-37-29-52-54-53(30-37)63(49-25-21-39(55(2,3)4)31-42(49)38-19-17-16-18-20-38)50-26-22-40(56(5,6)7)32-47(50)61(54)48-34-45-46(58(10,11)28-27-57(45,8)9)35-51(48)62(52)41-23-24-43-44(33-41)60(14,15)36-59(43,12)13/h16-26,29-35H,27-28,36H2,1-15H3. The molecule has 3 heteroatoms. The van der Waals surface area contributed by atoms with E-state index in [0.29, 0.717) is 0 Å². The van der Waals surface area contributed by atoms with Gasteiger partial charge in [0.15, 0.2) is 0 Å². The monoisotopic (exact) mass is 829 g/mol. The van der Waals surface area contributed by atoms with Gasteiger partial charge in [-0.1, -0.05) is 158 Å². The molecule has 6 aromatic carbocycles. The highest BCUT2D eigenvalue weighted by Crippen LogP contribution is 2.54. The summed E-state index contributed by atoms with van der Waals surface area (Å²) >= 11 is 0. The van der Waals surface area contributed by atoms with Crippen LogP contribution in [0.15, 0.2) is 109 Å². The Kier molecular flexibility index (Phi) is 9.00. The van der Waals surface area contributed by atoms with E-state index in [4.69, 9.17) is 0 Å². The smallest absolute Gasteiger partial charge is 0.252 e. The quantitative estimate of drug-likeness (QED) is 0.164. The van der Waals surface area contributed by atoms with Gasteiger partial charge in [-0.05, 0) is 168 Å². The number of anilines is 6. The van der Waals surface area contributed by atoms with Crippen molar-refractivity contribution in [2.24, 2.45) is 0 Å². The molecule has 2 aliphatic heterocycles. The van der Waals surface area contributed by atoms with Crippen LogP contribution in [0, 0.1) is 6.92 Å². The molecule has 0 radical (unpaired) electrons. The summed E-state index contributed by atoms with van der Waals surface area (Å²) in [5.41, 5.74) is 24.7. The lowest BCUT2D eigenvalue weighted by molar-refractivity contribution is 0.332. The molecule has 2 heterocycles. The summed E-state index contributed by atoms with van der Waals surface area (Å²) in [6.07, 6.45) is 3.51. The molecule has 2 aliphatic carbocycles. The van der Waals surface area contributed by atoms with E-state index in [1.165, 1.54) is 113 Å². The summed E-state index contributed by atoms with van der Waals surface area (Å²) in [5, 5.41) is 0. The Bertz CT molecular complexity index is 2860. The van der Waals surface area contributed by atoms with Crippen molar-refractivity contribution in [3.63, 3.8) is 0 Å². The molecule has 63 heavy (non-hydrogen) atoms. The SMILES string of the molecule is Cc1cc2c3c(c1)N(c1ccc(C(C)(C)C)cc1-c1ccccc1)c1ccc(C(C)(C)C)cc1B3c1cc3c(cc1N2c1ccc2c(c1)C(C)(C)CC2(C)C)C(C)(C)CCC3(C)C. The first-order chi connectivity index (χ1) is 29.4. The first-order valence-electron chi connectivity index (χ1n) is 23.8. The first kappa shape index (κ1) is 42.0. The summed E-state index contributed by atoms with van der Waals surface area (Å²) in [6.45, 7) is 36.2. The van der Waals surface area contributed by atoms with Crippen molar-refractivity contribution >= 4 is 57.2 Å². The molecule has 0 fully saturated rings. The molecule has 0 aromatic heterocycles. The number of aryl methyl sites for hydroxylation is 1.